The molecule has 0 radical (unpaired) electrons. The smallest absolute Gasteiger partial charge is 0.188 e. The van der Waals surface area contributed by atoms with Crippen LogP contribution in [0.25, 0.3) is 71.4 Å². The van der Waals surface area contributed by atoms with Gasteiger partial charge < -0.3 is 18.3 Å². The number of benzene rings is 9. The third-order valence-corrected chi connectivity index (χ3v) is 20.5. The summed E-state index contributed by atoms with van der Waals surface area (Å²) in [6, 6.07) is 54.0. The Labute approximate surface area is 400 Å². The van der Waals surface area contributed by atoms with Crippen molar-refractivity contribution in [1.29, 1.82) is 0 Å². The Morgan fingerprint density at radius 1 is 0.507 bits per heavy atom. The highest BCUT2D eigenvalue weighted by atomic mass is 28.3. The van der Waals surface area contributed by atoms with Crippen molar-refractivity contribution in [3.05, 3.63) is 212 Å². The van der Waals surface area contributed by atoms with E-state index in [1.54, 1.807) is 4.57 Å². The van der Waals surface area contributed by atoms with E-state index in [4.69, 9.17) is 11.6 Å². The van der Waals surface area contributed by atoms with Crippen molar-refractivity contribution in [2.45, 2.75) is 50.5 Å². The Bertz CT molecular complexity index is 4260. The van der Waals surface area contributed by atoms with E-state index in [0.717, 1.165) is 102 Å². The van der Waals surface area contributed by atoms with Gasteiger partial charge in [0.1, 0.15) is 22.3 Å². The van der Waals surface area contributed by atoms with E-state index in [9.17, 15) is 6.85 Å². The van der Waals surface area contributed by atoms with Gasteiger partial charge in [-0.05, 0) is 101 Å². The number of rotatable bonds is 6. The summed E-state index contributed by atoms with van der Waals surface area (Å²) in [4.78, 5) is 2.14. The fourth-order valence-electron chi connectivity index (χ4n) is 12.5. The molecule has 12 aromatic rings. The topological polar surface area (TPSA) is 34.5 Å². The summed E-state index contributed by atoms with van der Waals surface area (Å²) in [5, 5.41) is 8.21. The molecule has 0 bridgehead atoms. The van der Waals surface area contributed by atoms with E-state index in [0.29, 0.717) is 5.69 Å². The van der Waals surface area contributed by atoms with Crippen LogP contribution in [0, 0.1) is 0 Å². The maximum Gasteiger partial charge on any atom is 0.188 e. The number of hydrogen-bond acceptors (Lipinski definition) is 3. The minimum Gasteiger partial charge on any atom is -0.456 e. The number of nitrogens with zero attached hydrogens (tertiary/aromatic N) is 2. The SMILES string of the molecule is [2H]c1c([2H])c([2H])c2c(c1[2H])c1c([2H])c(N3c4ccccc4C4(C)CCCCC34C)c([2H])c([2H])c1n2-c1cccc([Si](c2ccccc2)(c2cccc3c2oc2ccccc23)c2cccc3c2oc2ccccc23)c1. The lowest BCUT2D eigenvalue weighted by Gasteiger charge is -2.50. The average molecular weight is 888 g/mol. The summed E-state index contributed by atoms with van der Waals surface area (Å²) in [5.74, 6) is 0. The van der Waals surface area contributed by atoms with Gasteiger partial charge in [-0.15, -0.1) is 0 Å². The first kappa shape index (κ1) is 32.1. The zero-order chi connectivity index (χ0) is 50.6. The second kappa shape index (κ2) is 14.2. The molecule has 1 aliphatic heterocycles. The van der Waals surface area contributed by atoms with Gasteiger partial charge in [-0.2, -0.15) is 0 Å². The highest BCUT2D eigenvalue weighted by molar-refractivity contribution is 7.21. The Hall–Kier alpha value is -7.60. The molecule has 14 rings (SSSR count). The van der Waals surface area contributed by atoms with Gasteiger partial charge in [-0.25, -0.2) is 0 Å². The zero-order valence-electron chi connectivity index (χ0n) is 44.1. The highest BCUT2D eigenvalue weighted by Crippen LogP contribution is 2.61. The van der Waals surface area contributed by atoms with Crippen LogP contribution in [0.3, 0.4) is 0 Å². The van der Waals surface area contributed by atoms with Gasteiger partial charge in [-0.1, -0.05) is 171 Å². The molecule has 1 saturated carbocycles. The summed E-state index contributed by atoms with van der Waals surface area (Å²) in [7, 11) is -3.69. The van der Waals surface area contributed by atoms with Gasteiger partial charge in [0, 0.05) is 54.8 Å². The van der Waals surface area contributed by atoms with Crippen molar-refractivity contribution in [3.63, 3.8) is 0 Å². The van der Waals surface area contributed by atoms with Crippen LogP contribution in [0.5, 0.6) is 0 Å². The first-order valence-electron chi connectivity index (χ1n) is 26.8. The minimum atomic E-state index is -3.69. The van der Waals surface area contributed by atoms with Crippen molar-refractivity contribution in [1.82, 2.24) is 4.57 Å². The molecule has 67 heavy (non-hydrogen) atoms. The quantitative estimate of drug-likeness (QED) is 0.123. The lowest BCUT2D eigenvalue weighted by atomic mass is 9.61. The third kappa shape index (κ3) is 5.18. The second-order valence-corrected chi connectivity index (χ2v) is 22.6. The number of aromatic nitrogens is 1. The molecule has 4 heterocycles. The number of fused-ring (bicyclic) bond motifs is 12. The molecule has 5 heteroatoms. The molecular weight excluding hydrogens is 833 g/mol. The Morgan fingerprint density at radius 2 is 1.10 bits per heavy atom. The van der Waals surface area contributed by atoms with Gasteiger partial charge in [0.05, 0.1) is 26.2 Å². The van der Waals surface area contributed by atoms with Crippen molar-refractivity contribution >= 4 is 106 Å². The first-order chi connectivity index (χ1) is 35.9. The minimum absolute atomic E-state index is 0.0436. The van der Waals surface area contributed by atoms with Gasteiger partial charge >= 0.3 is 0 Å². The van der Waals surface area contributed by atoms with E-state index in [2.05, 4.69) is 116 Å². The molecule has 2 aliphatic rings. The predicted octanol–water partition coefficient (Wildman–Crippen LogP) is 13.7. The molecule has 3 aromatic heterocycles. The van der Waals surface area contributed by atoms with E-state index >= 15 is 0 Å². The van der Waals surface area contributed by atoms with Crippen molar-refractivity contribution in [2.24, 2.45) is 0 Å². The van der Waals surface area contributed by atoms with E-state index < -0.39 is 25.7 Å². The lowest BCUT2D eigenvalue weighted by Crippen LogP contribution is -2.75. The van der Waals surface area contributed by atoms with Crippen molar-refractivity contribution < 1.29 is 18.4 Å². The maximum atomic E-state index is 10.4. The van der Waals surface area contributed by atoms with Gasteiger partial charge in [0.15, 0.2) is 8.07 Å². The molecular formula is C62H48N2O2Si. The van der Waals surface area contributed by atoms with E-state index in [-0.39, 0.29) is 63.1 Å². The molecule has 2 atom stereocenters. The third-order valence-electron chi connectivity index (χ3n) is 15.7. The van der Waals surface area contributed by atoms with Crippen LogP contribution in [-0.2, 0) is 5.41 Å². The van der Waals surface area contributed by atoms with Crippen molar-refractivity contribution in [3.8, 4) is 5.69 Å². The largest absolute Gasteiger partial charge is 0.456 e. The van der Waals surface area contributed by atoms with Gasteiger partial charge in [-0.3, -0.25) is 0 Å². The number of hydrogen-bond donors (Lipinski definition) is 0. The van der Waals surface area contributed by atoms with Gasteiger partial charge in [0.25, 0.3) is 0 Å². The normalized spacial score (nSPS) is 19.9. The van der Waals surface area contributed by atoms with Gasteiger partial charge in [0.2, 0.25) is 0 Å². The summed E-state index contributed by atoms with van der Waals surface area (Å²) < 4.78 is 83.9. The Morgan fingerprint density at radius 3 is 1.85 bits per heavy atom. The van der Waals surface area contributed by atoms with E-state index in [1.807, 2.05) is 66.7 Å². The fraction of sp³-hybridized carbons (Fsp3) is 0.129. The summed E-state index contributed by atoms with van der Waals surface area (Å²) in [6.45, 7) is 4.51. The summed E-state index contributed by atoms with van der Waals surface area (Å²) >= 11 is 0. The van der Waals surface area contributed by atoms with E-state index in [1.165, 1.54) is 0 Å². The molecule has 2 unspecified atom stereocenters. The Balaban J connectivity index is 1.12. The van der Waals surface area contributed by atoms with Crippen LogP contribution < -0.4 is 25.6 Å². The lowest BCUT2D eigenvalue weighted by molar-refractivity contribution is 0.195. The van der Waals surface area contributed by atoms with Crippen LogP contribution in [0.2, 0.25) is 0 Å². The average Bonchev–Trinajstić information content (AvgIpc) is 4.17. The van der Waals surface area contributed by atoms with Crippen LogP contribution in [0.1, 0.15) is 54.7 Å². The first-order valence-corrected chi connectivity index (χ1v) is 25.3. The number of anilines is 2. The summed E-state index contributed by atoms with van der Waals surface area (Å²) in [5.41, 5.74) is 5.35. The molecule has 1 aliphatic carbocycles. The molecule has 322 valence electrons. The number of para-hydroxylation sites is 6. The summed E-state index contributed by atoms with van der Waals surface area (Å²) in [6.07, 6.45) is 3.77. The Kier molecular flexibility index (Phi) is 6.81. The van der Waals surface area contributed by atoms with Crippen LogP contribution in [0.4, 0.5) is 11.4 Å². The van der Waals surface area contributed by atoms with Crippen molar-refractivity contribution in [2.75, 3.05) is 4.90 Å². The number of furan rings is 2. The maximum absolute atomic E-state index is 10.4. The zero-order valence-corrected chi connectivity index (χ0v) is 38.1. The molecule has 0 spiro atoms. The molecule has 9 aromatic carbocycles. The standard InChI is InChI=1S/C62H48N2O2Si/c1-61-37-14-15-38-62(61,2)64(54-30-11-9-28-51(54)61)42-35-36-53-50(40-42)45-23-6-10-29-52(45)63(53)41-19-16-22-44(39-41)67(43-20-4-3-5-21-43,57-33-17-26-48-46-24-7-12-31-55(46)65-59(48)57)58-34-18-27-49-47-25-8-13-32-56(47)66-60(49)58/h3-13,16-36,39-40H,14-15,37-38H2,1-2H3/i6D,10D,23D,29D,35D,36D,40D. The van der Waals surface area contributed by atoms with Crippen LogP contribution in [0.15, 0.2) is 215 Å². The molecule has 0 saturated heterocycles. The van der Waals surface area contributed by atoms with Crippen LogP contribution >= 0.6 is 0 Å². The monoisotopic (exact) mass is 887 g/mol. The highest BCUT2D eigenvalue weighted by Gasteiger charge is 2.57. The molecule has 0 N–H and O–H groups in total. The predicted molar refractivity (Wildman–Crippen MR) is 282 cm³/mol. The molecule has 1 fully saturated rings. The molecule has 4 nitrogen and oxygen atoms in total. The molecule has 0 amide bonds. The fourth-order valence-corrected chi connectivity index (χ4v) is 17.5. The second-order valence-electron chi connectivity index (χ2n) is 18.9. The van der Waals surface area contributed by atoms with Crippen LogP contribution in [-0.4, -0.2) is 18.2 Å².